The molecule has 0 fully saturated rings. The number of alkyl halides is 1. The molecule has 0 N–H and O–H groups in total. The van der Waals surface area contributed by atoms with E-state index in [0.717, 1.165) is 24.2 Å². The van der Waals surface area contributed by atoms with Gasteiger partial charge in [0.25, 0.3) is 0 Å². The molecule has 0 bridgehead atoms. The highest BCUT2D eigenvalue weighted by Crippen LogP contribution is 2.33. The van der Waals surface area contributed by atoms with Crippen LogP contribution >= 0.6 is 39.1 Å². The third-order valence-electron chi connectivity index (χ3n) is 2.40. The molecule has 0 aliphatic heterocycles. The summed E-state index contributed by atoms with van der Waals surface area (Å²) in [6.45, 7) is 5.11. The highest BCUT2D eigenvalue weighted by Gasteiger charge is 2.09. The summed E-state index contributed by atoms with van der Waals surface area (Å²) in [5.41, 5.74) is 0.993. The van der Waals surface area contributed by atoms with Crippen molar-refractivity contribution in [2.75, 3.05) is 6.61 Å². The molecule has 1 rings (SSSR count). The van der Waals surface area contributed by atoms with Gasteiger partial charge in [-0.15, -0.1) is 0 Å². The van der Waals surface area contributed by atoms with Crippen molar-refractivity contribution in [1.29, 1.82) is 0 Å². The molecule has 0 atom stereocenters. The molecule has 0 aliphatic rings. The van der Waals surface area contributed by atoms with Crippen LogP contribution in [-0.4, -0.2) is 6.61 Å². The zero-order valence-corrected chi connectivity index (χ0v) is 13.2. The molecule has 4 heteroatoms. The fourth-order valence-corrected chi connectivity index (χ4v) is 2.55. The van der Waals surface area contributed by atoms with E-state index in [-0.39, 0.29) is 0 Å². The van der Waals surface area contributed by atoms with E-state index in [0.29, 0.717) is 27.9 Å². The second-order valence-corrected chi connectivity index (χ2v) is 5.80. The molecule has 0 amide bonds. The van der Waals surface area contributed by atoms with E-state index in [2.05, 4.69) is 29.8 Å². The van der Waals surface area contributed by atoms with Gasteiger partial charge < -0.3 is 4.74 Å². The highest BCUT2D eigenvalue weighted by atomic mass is 79.9. The second-order valence-electron chi connectivity index (χ2n) is 4.39. The van der Waals surface area contributed by atoms with Crippen LogP contribution < -0.4 is 4.74 Å². The standard InChI is InChI=1S/C13H17BrCl2O/c1-9(2)4-3-5-17-13-10(8-14)6-11(15)7-12(13)16/h6-7,9H,3-5,8H2,1-2H3. The van der Waals surface area contributed by atoms with Crippen LogP contribution in [0, 0.1) is 5.92 Å². The van der Waals surface area contributed by atoms with E-state index >= 15 is 0 Å². The van der Waals surface area contributed by atoms with Gasteiger partial charge in [0.05, 0.1) is 11.6 Å². The van der Waals surface area contributed by atoms with Gasteiger partial charge in [-0.25, -0.2) is 0 Å². The third kappa shape index (κ3) is 5.07. The molecule has 1 aromatic rings. The van der Waals surface area contributed by atoms with E-state index < -0.39 is 0 Å². The van der Waals surface area contributed by atoms with Crippen molar-refractivity contribution >= 4 is 39.1 Å². The van der Waals surface area contributed by atoms with Gasteiger partial charge >= 0.3 is 0 Å². The van der Waals surface area contributed by atoms with E-state index in [1.807, 2.05) is 6.07 Å². The van der Waals surface area contributed by atoms with Crippen molar-refractivity contribution in [3.63, 3.8) is 0 Å². The van der Waals surface area contributed by atoms with Crippen molar-refractivity contribution in [3.05, 3.63) is 27.7 Å². The van der Waals surface area contributed by atoms with Crippen LogP contribution in [0.4, 0.5) is 0 Å². The summed E-state index contributed by atoms with van der Waals surface area (Å²) in [6, 6.07) is 3.59. The van der Waals surface area contributed by atoms with Crippen molar-refractivity contribution in [1.82, 2.24) is 0 Å². The minimum atomic E-state index is 0.580. The smallest absolute Gasteiger partial charge is 0.142 e. The number of rotatable bonds is 6. The first-order valence-corrected chi connectivity index (χ1v) is 7.59. The number of halogens is 3. The summed E-state index contributed by atoms with van der Waals surface area (Å²) in [5, 5.41) is 1.91. The summed E-state index contributed by atoms with van der Waals surface area (Å²) in [7, 11) is 0. The molecule has 0 unspecified atom stereocenters. The SMILES string of the molecule is CC(C)CCCOc1c(Cl)cc(Cl)cc1CBr. The van der Waals surface area contributed by atoms with Crippen molar-refractivity contribution in [2.45, 2.75) is 32.0 Å². The Morgan fingerprint density at radius 2 is 2.00 bits per heavy atom. The highest BCUT2D eigenvalue weighted by molar-refractivity contribution is 9.08. The maximum absolute atomic E-state index is 6.12. The summed E-state index contributed by atoms with van der Waals surface area (Å²) in [6.07, 6.45) is 2.20. The first kappa shape index (κ1) is 15.1. The number of benzene rings is 1. The predicted molar refractivity (Wildman–Crippen MR) is 78.7 cm³/mol. The minimum absolute atomic E-state index is 0.580. The molecule has 1 nitrogen and oxygen atoms in total. The molecule has 0 spiro atoms. The lowest BCUT2D eigenvalue weighted by molar-refractivity contribution is 0.296. The van der Waals surface area contributed by atoms with Crippen molar-refractivity contribution in [3.8, 4) is 5.75 Å². The Hall–Kier alpha value is 0.0800. The average Bonchev–Trinajstić information content (AvgIpc) is 2.25. The maximum Gasteiger partial charge on any atom is 0.142 e. The Bertz CT molecular complexity index is 367. The quantitative estimate of drug-likeness (QED) is 0.477. The van der Waals surface area contributed by atoms with Crippen molar-refractivity contribution in [2.24, 2.45) is 5.92 Å². The number of hydrogen-bond donors (Lipinski definition) is 0. The average molecular weight is 340 g/mol. The molecule has 0 heterocycles. The lowest BCUT2D eigenvalue weighted by atomic mass is 10.1. The Morgan fingerprint density at radius 3 is 2.59 bits per heavy atom. The molecule has 0 radical (unpaired) electrons. The predicted octanol–water partition coefficient (Wildman–Crippen LogP) is 5.70. The molecule has 17 heavy (non-hydrogen) atoms. The Morgan fingerprint density at radius 1 is 1.29 bits per heavy atom. The van der Waals surface area contributed by atoms with Crippen LogP contribution in [0.3, 0.4) is 0 Å². The largest absolute Gasteiger partial charge is 0.492 e. The summed E-state index contributed by atoms with van der Waals surface area (Å²) < 4.78 is 5.74. The molecular formula is C13H17BrCl2O. The topological polar surface area (TPSA) is 9.23 Å². The monoisotopic (exact) mass is 338 g/mol. The molecule has 1 aromatic carbocycles. The first-order chi connectivity index (χ1) is 8.04. The first-order valence-electron chi connectivity index (χ1n) is 5.71. The fourth-order valence-electron chi connectivity index (χ4n) is 1.54. The maximum atomic E-state index is 6.12. The van der Waals surface area contributed by atoms with Gasteiger partial charge in [-0.05, 0) is 30.9 Å². The molecule has 0 aromatic heterocycles. The van der Waals surface area contributed by atoms with E-state index in [4.69, 9.17) is 27.9 Å². The third-order valence-corrected chi connectivity index (χ3v) is 3.50. The fraction of sp³-hybridized carbons (Fsp3) is 0.538. The van der Waals surface area contributed by atoms with Gasteiger partial charge in [0.15, 0.2) is 0 Å². The van der Waals surface area contributed by atoms with Gasteiger partial charge in [-0.2, -0.15) is 0 Å². The molecule has 0 aliphatic carbocycles. The zero-order chi connectivity index (χ0) is 12.8. The van der Waals surface area contributed by atoms with Gasteiger partial charge in [0.2, 0.25) is 0 Å². The van der Waals surface area contributed by atoms with E-state index in [1.54, 1.807) is 6.07 Å². The van der Waals surface area contributed by atoms with Gasteiger partial charge in [-0.3, -0.25) is 0 Å². The Kier molecular flexibility index (Phi) is 6.68. The van der Waals surface area contributed by atoms with E-state index in [9.17, 15) is 0 Å². The molecular weight excluding hydrogens is 323 g/mol. The summed E-state index contributed by atoms with van der Waals surface area (Å²) in [4.78, 5) is 0. The van der Waals surface area contributed by atoms with Gasteiger partial charge in [0.1, 0.15) is 5.75 Å². The second kappa shape index (κ2) is 7.50. The molecule has 0 saturated carbocycles. The number of ether oxygens (including phenoxy) is 1. The van der Waals surface area contributed by atoms with Crippen LogP contribution in [0.5, 0.6) is 5.75 Å². The van der Waals surface area contributed by atoms with Gasteiger partial charge in [-0.1, -0.05) is 53.0 Å². The summed E-state index contributed by atoms with van der Waals surface area (Å²) in [5.74, 6) is 1.45. The lowest BCUT2D eigenvalue weighted by Gasteiger charge is -2.13. The molecule has 0 saturated heterocycles. The zero-order valence-electron chi connectivity index (χ0n) is 10.1. The van der Waals surface area contributed by atoms with Crippen LogP contribution in [-0.2, 0) is 5.33 Å². The van der Waals surface area contributed by atoms with Crippen LogP contribution in [0.2, 0.25) is 10.0 Å². The minimum Gasteiger partial charge on any atom is -0.492 e. The Labute approximate surface area is 122 Å². The van der Waals surface area contributed by atoms with Gasteiger partial charge in [0, 0.05) is 15.9 Å². The molecule has 96 valence electrons. The normalized spacial score (nSPS) is 10.9. The number of hydrogen-bond acceptors (Lipinski definition) is 1. The van der Waals surface area contributed by atoms with Crippen LogP contribution in [0.25, 0.3) is 0 Å². The van der Waals surface area contributed by atoms with Crippen molar-refractivity contribution < 1.29 is 4.74 Å². The lowest BCUT2D eigenvalue weighted by Crippen LogP contribution is -2.02. The Balaban J connectivity index is 2.63. The van der Waals surface area contributed by atoms with Crippen LogP contribution in [0.15, 0.2) is 12.1 Å². The van der Waals surface area contributed by atoms with E-state index in [1.165, 1.54) is 0 Å². The summed E-state index contributed by atoms with van der Waals surface area (Å²) >= 11 is 15.5. The van der Waals surface area contributed by atoms with Crippen LogP contribution in [0.1, 0.15) is 32.3 Å².